The summed E-state index contributed by atoms with van der Waals surface area (Å²) < 4.78 is 2.25. The molecule has 0 spiro atoms. The Morgan fingerprint density at radius 2 is 1.85 bits per heavy atom. The van der Waals surface area contributed by atoms with E-state index in [9.17, 15) is 0 Å². The third-order valence-electron chi connectivity index (χ3n) is 6.42. The molecular weight excluding hydrogens is 246 g/mol. The van der Waals surface area contributed by atoms with Crippen molar-refractivity contribution in [1.82, 2.24) is 9.55 Å². The maximum absolute atomic E-state index is 6.73. The van der Waals surface area contributed by atoms with Crippen LogP contribution in [0.3, 0.4) is 0 Å². The zero-order valence-corrected chi connectivity index (χ0v) is 12.6. The van der Waals surface area contributed by atoms with Crippen LogP contribution >= 0.6 is 0 Å². The summed E-state index contributed by atoms with van der Waals surface area (Å²) in [5, 5.41) is 0. The first-order valence-electron chi connectivity index (χ1n) is 8.44. The summed E-state index contributed by atoms with van der Waals surface area (Å²) in [6.45, 7) is 3.18. The van der Waals surface area contributed by atoms with Crippen LogP contribution in [-0.4, -0.2) is 15.6 Å². The van der Waals surface area contributed by atoms with E-state index >= 15 is 0 Å². The number of aromatic nitrogens is 2. The predicted molar refractivity (Wildman–Crippen MR) is 80.2 cm³/mol. The van der Waals surface area contributed by atoms with Crippen LogP contribution in [0.2, 0.25) is 0 Å². The van der Waals surface area contributed by atoms with Gasteiger partial charge in [-0.1, -0.05) is 0 Å². The molecule has 0 radical (unpaired) electrons. The van der Waals surface area contributed by atoms with Gasteiger partial charge in [-0.2, -0.15) is 0 Å². The van der Waals surface area contributed by atoms with E-state index in [0.717, 1.165) is 30.7 Å². The zero-order valence-electron chi connectivity index (χ0n) is 12.6. The predicted octanol–water partition coefficient (Wildman–Crippen LogP) is 2.99. The van der Waals surface area contributed by atoms with Gasteiger partial charge in [-0.25, -0.2) is 4.98 Å². The Morgan fingerprint density at radius 3 is 2.40 bits per heavy atom. The van der Waals surface area contributed by atoms with Crippen molar-refractivity contribution in [3.8, 4) is 0 Å². The number of hydrogen-bond acceptors (Lipinski definition) is 2. The average molecular weight is 273 g/mol. The van der Waals surface area contributed by atoms with Gasteiger partial charge in [-0.15, -0.1) is 0 Å². The molecule has 5 rings (SSSR count). The molecule has 4 aliphatic carbocycles. The maximum Gasteiger partial charge on any atom is 0.110 e. The van der Waals surface area contributed by atoms with Gasteiger partial charge < -0.3 is 10.3 Å². The molecular formula is C17H27N3. The van der Waals surface area contributed by atoms with Gasteiger partial charge in [0.05, 0.1) is 0 Å². The van der Waals surface area contributed by atoms with Gasteiger partial charge in [0.15, 0.2) is 0 Å². The maximum atomic E-state index is 6.73. The number of rotatable bonds is 4. The smallest absolute Gasteiger partial charge is 0.110 e. The summed E-state index contributed by atoms with van der Waals surface area (Å²) in [4.78, 5) is 4.54. The van der Waals surface area contributed by atoms with Crippen LogP contribution in [-0.2, 0) is 13.0 Å². The molecule has 20 heavy (non-hydrogen) atoms. The lowest BCUT2D eigenvalue weighted by Crippen LogP contribution is -2.55. The van der Waals surface area contributed by atoms with E-state index in [1.54, 1.807) is 0 Å². The van der Waals surface area contributed by atoms with Crippen molar-refractivity contribution in [2.75, 3.05) is 0 Å². The third kappa shape index (κ3) is 1.93. The summed E-state index contributed by atoms with van der Waals surface area (Å²) in [6.07, 6.45) is 13.6. The van der Waals surface area contributed by atoms with E-state index < -0.39 is 0 Å². The van der Waals surface area contributed by atoms with E-state index in [1.165, 1.54) is 44.3 Å². The first-order valence-corrected chi connectivity index (χ1v) is 8.44. The Balaban J connectivity index is 1.55. The molecule has 1 unspecified atom stereocenters. The van der Waals surface area contributed by atoms with Gasteiger partial charge in [0.25, 0.3) is 0 Å². The summed E-state index contributed by atoms with van der Waals surface area (Å²) in [7, 11) is 0. The lowest BCUT2D eigenvalue weighted by Gasteiger charge is -2.59. The molecule has 0 aliphatic heterocycles. The fourth-order valence-electron chi connectivity index (χ4n) is 5.86. The van der Waals surface area contributed by atoms with Crippen molar-refractivity contribution in [2.24, 2.45) is 28.9 Å². The minimum Gasteiger partial charge on any atom is -0.335 e. The minimum atomic E-state index is 0.309. The van der Waals surface area contributed by atoms with E-state index in [2.05, 4.69) is 22.7 Å². The van der Waals surface area contributed by atoms with Gasteiger partial charge in [0.2, 0.25) is 0 Å². The van der Waals surface area contributed by atoms with Gasteiger partial charge >= 0.3 is 0 Å². The van der Waals surface area contributed by atoms with Crippen molar-refractivity contribution >= 4 is 0 Å². The summed E-state index contributed by atoms with van der Waals surface area (Å²) in [5.74, 6) is 4.14. The number of nitrogens with two attached hydrogens (primary N) is 1. The third-order valence-corrected chi connectivity index (χ3v) is 6.42. The molecule has 1 aromatic rings. The molecule has 3 heteroatoms. The molecule has 4 bridgehead atoms. The number of aryl methyl sites for hydroxylation is 1. The lowest BCUT2D eigenvalue weighted by atomic mass is 9.47. The standard InChI is InChI=1S/C17H27N3/c1-2-20-4-3-19-16(20)8-15(18)17-9-12-5-13(10-17)7-14(6-12)11-17/h3-4,12-15H,2,5-11,18H2,1H3. The van der Waals surface area contributed by atoms with Crippen LogP contribution in [0.5, 0.6) is 0 Å². The molecule has 1 atom stereocenters. The molecule has 4 fully saturated rings. The summed E-state index contributed by atoms with van der Waals surface area (Å²) in [5.41, 5.74) is 7.18. The van der Waals surface area contributed by atoms with Gasteiger partial charge in [-0.3, -0.25) is 0 Å². The molecule has 0 amide bonds. The highest BCUT2D eigenvalue weighted by Crippen LogP contribution is 2.61. The molecule has 110 valence electrons. The van der Waals surface area contributed by atoms with Crippen molar-refractivity contribution in [3.63, 3.8) is 0 Å². The zero-order chi connectivity index (χ0) is 13.7. The highest BCUT2D eigenvalue weighted by Gasteiger charge is 2.53. The SMILES string of the molecule is CCn1ccnc1CC(N)C12CC3CC(CC(C3)C1)C2. The largest absolute Gasteiger partial charge is 0.335 e. The highest BCUT2D eigenvalue weighted by atomic mass is 15.1. The Morgan fingerprint density at radius 1 is 1.25 bits per heavy atom. The number of nitrogens with zero attached hydrogens (tertiary/aromatic N) is 2. The molecule has 4 aliphatic rings. The van der Waals surface area contributed by atoms with Gasteiger partial charge in [-0.05, 0) is 68.6 Å². The van der Waals surface area contributed by atoms with Crippen molar-refractivity contribution in [3.05, 3.63) is 18.2 Å². The molecule has 2 N–H and O–H groups in total. The molecule has 4 saturated carbocycles. The molecule has 1 aromatic heterocycles. The first-order chi connectivity index (χ1) is 9.68. The highest BCUT2D eigenvalue weighted by molar-refractivity contribution is 5.08. The average Bonchev–Trinajstić information content (AvgIpc) is 2.84. The lowest BCUT2D eigenvalue weighted by molar-refractivity contribution is -0.0671. The molecule has 0 aromatic carbocycles. The second-order valence-corrected chi connectivity index (χ2v) is 7.72. The summed E-state index contributed by atoms with van der Waals surface area (Å²) >= 11 is 0. The van der Waals surface area contributed by atoms with Crippen LogP contribution in [0.4, 0.5) is 0 Å². The Bertz CT molecular complexity index is 455. The van der Waals surface area contributed by atoms with Crippen LogP contribution in [0.1, 0.15) is 51.3 Å². The normalized spacial score (nSPS) is 40.2. The van der Waals surface area contributed by atoms with Crippen LogP contribution in [0, 0.1) is 23.2 Å². The summed E-state index contributed by atoms with van der Waals surface area (Å²) in [6, 6.07) is 0.309. The Kier molecular flexibility index (Phi) is 2.95. The van der Waals surface area contributed by atoms with E-state index in [0.29, 0.717) is 11.5 Å². The Hall–Kier alpha value is -0.830. The fourth-order valence-corrected chi connectivity index (χ4v) is 5.86. The fraction of sp³-hybridized carbons (Fsp3) is 0.824. The quantitative estimate of drug-likeness (QED) is 0.916. The second kappa shape index (κ2) is 4.59. The number of hydrogen-bond donors (Lipinski definition) is 1. The van der Waals surface area contributed by atoms with Gasteiger partial charge in [0.1, 0.15) is 5.82 Å². The van der Waals surface area contributed by atoms with E-state index in [4.69, 9.17) is 5.73 Å². The van der Waals surface area contributed by atoms with E-state index in [1.807, 2.05) is 6.20 Å². The minimum absolute atomic E-state index is 0.309. The van der Waals surface area contributed by atoms with Crippen LogP contribution < -0.4 is 5.73 Å². The van der Waals surface area contributed by atoms with E-state index in [-0.39, 0.29) is 0 Å². The van der Waals surface area contributed by atoms with Crippen LogP contribution in [0.15, 0.2) is 12.4 Å². The topological polar surface area (TPSA) is 43.8 Å². The second-order valence-electron chi connectivity index (χ2n) is 7.72. The van der Waals surface area contributed by atoms with Crippen LogP contribution in [0.25, 0.3) is 0 Å². The van der Waals surface area contributed by atoms with Crippen molar-refractivity contribution < 1.29 is 0 Å². The van der Waals surface area contributed by atoms with Crippen molar-refractivity contribution in [1.29, 1.82) is 0 Å². The molecule has 0 saturated heterocycles. The monoisotopic (exact) mass is 273 g/mol. The Labute approximate surface area is 122 Å². The van der Waals surface area contributed by atoms with Crippen molar-refractivity contribution in [2.45, 2.75) is 64.5 Å². The molecule has 3 nitrogen and oxygen atoms in total. The number of imidazole rings is 1. The van der Waals surface area contributed by atoms with Gasteiger partial charge in [0, 0.05) is 31.4 Å². The molecule has 1 heterocycles. The first kappa shape index (κ1) is 12.9.